The molecule has 0 aliphatic rings. The van der Waals surface area contributed by atoms with E-state index < -0.39 is 11.9 Å². The van der Waals surface area contributed by atoms with Gasteiger partial charge in [0.05, 0.1) is 0 Å². The van der Waals surface area contributed by atoms with E-state index in [1.807, 2.05) is 0 Å². The lowest BCUT2D eigenvalue weighted by atomic mass is 10.7. The van der Waals surface area contributed by atoms with Crippen molar-refractivity contribution in [2.75, 3.05) is 0 Å². The molecule has 40 valence electrons. The Balaban J connectivity index is 3.83. The van der Waals surface area contributed by atoms with Gasteiger partial charge in [0.1, 0.15) is 0 Å². The van der Waals surface area contributed by atoms with Crippen LogP contribution in [0.15, 0.2) is 0 Å². The maximum absolute atomic E-state index is 10.0. The van der Waals surface area contributed by atoms with Gasteiger partial charge in [0.2, 0.25) is 5.91 Å². The van der Waals surface area contributed by atoms with Gasteiger partial charge in [-0.3, -0.25) is 10.1 Å². The quantitative estimate of drug-likeness (QED) is 0.421. The predicted octanol–water partition coefficient (Wildman–Crippen LogP) is -0.799. The van der Waals surface area contributed by atoms with E-state index in [9.17, 15) is 9.59 Å². The molecule has 0 atom stereocenters. The molecule has 7 heavy (non-hydrogen) atoms. The number of primary amides is 1. The maximum Gasteiger partial charge on any atom is 0.318 e. The maximum atomic E-state index is 10.0. The molecule has 4 heteroatoms. The first-order valence-electron chi connectivity index (χ1n) is 2.09. The van der Waals surface area contributed by atoms with Crippen molar-refractivity contribution in [3.8, 4) is 0 Å². The third-order valence-electron chi connectivity index (χ3n) is 0.268. The number of amides is 3. The molecule has 0 fully saturated rings. The van der Waals surface area contributed by atoms with E-state index in [1.165, 1.54) is 0 Å². The van der Waals surface area contributed by atoms with Crippen molar-refractivity contribution in [2.45, 2.75) is 6.92 Å². The van der Waals surface area contributed by atoms with Crippen LogP contribution < -0.4 is 11.0 Å². The first-order chi connectivity index (χ1) is 3.55. The summed E-state index contributed by atoms with van der Waals surface area (Å²) in [6.45, 7) is 1.08. The highest BCUT2D eigenvalue weighted by Crippen LogP contribution is 1.55. The van der Waals surface area contributed by atoms with E-state index in [0.29, 0.717) is 0 Å². The fraction of sp³-hybridized carbons (Fsp3) is 0.333. The van der Waals surface area contributed by atoms with Crippen LogP contribution in [-0.4, -0.2) is 11.9 Å². The number of imide groups is 1. The molecule has 3 amide bonds. The molecule has 0 aromatic heterocycles. The second kappa shape index (κ2) is 2.17. The Morgan fingerprint density at radius 2 is 2.29 bits per heavy atom. The highest BCUT2D eigenvalue weighted by Gasteiger charge is 1.91. The summed E-state index contributed by atoms with van der Waals surface area (Å²) < 4.78 is 6.49. The van der Waals surface area contributed by atoms with Crippen LogP contribution in [0.5, 0.6) is 0 Å². The van der Waals surface area contributed by atoms with Crippen LogP contribution in [0.3, 0.4) is 0 Å². The van der Waals surface area contributed by atoms with Gasteiger partial charge in [-0.1, -0.05) is 0 Å². The molecular weight excluding hydrogens is 96.0 g/mol. The van der Waals surface area contributed by atoms with Gasteiger partial charge in [0.15, 0.2) is 1.41 Å². The number of carbonyl (C=O) groups excluding carboxylic acids is 2. The van der Waals surface area contributed by atoms with E-state index in [4.69, 9.17) is 1.41 Å². The van der Waals surface area contributed by atoms with Crippen molar-refractivity contribution < 1.29 is 11.0 Å². The zero-order chi connectivity index (χ0) is 6.73. The van der Waals surface area contributed by atoms with E-state index >= 15 is 0 Å². The highest BCUT2D eigenvalue weighted by molar-refractivity contribution is 5.91. The summed E-state index contributed by atoms with van der Waals surface area (Å²) in [5, 5.41) is 0.0833. The molecule has 0 saturated heterocycles. The minimum absolute atomic E-state index is 0.0833. The number of nitrogens with one attached hydrogen (secondary N) is 1. The zero-order valence-corrected chi connectivity index (χ0v) is 3.84. The summed E-state index contributed by atoms with van der Waals surface area (Å²) in [6.07, 6.45) is 0. The Bertz CT molecular complexity index is 110. The lowest BCUT2D eigenvalue weighted by Crippen LogP contribution is -2.32. The Morgan fingerprint density at radius 3 is 2.29 bits per heavy atom. The van der Waals surface area contributed by atoms with Gasteiger partial charge in [0, 0.05) is 6.92 Å². The minimum Gasteiger partial charge on any atom is -0.351 e. The van der Waals surface area contributed by atoms with Crippen molar-refractivity contribution in [1.29, 1.82) is 0 Å². The second-order valence-corrected chi connectivity index (χ2v) is 0.969. The highest BCUT2D eigenvalue weighted by atomic mass is 16.2. The monoisotopic (exact) mass is 103 g/mol. The Labute approximate surface area is 42.1 Å². The molecule has 0 aliphatic carbocycles. The van der Waals surface area contributed by atoms with Crippen molar-refractivity contribution in [3.63, 3.8) is 0 Å². The molecule has 0 saturated carbocycles. The lowest BCUT2D eigenvalue weighted by Gasteiger charge is -1.88. The van der Waals surface area contributed by atoms with E-state index in [2.05, 4.69) is 5.73 Å². The molecule has 0 aromatic rings. The topological polar surface area (TPSA) is 72.2 Å². The number of rotatable bonds is 0. The molecule has 0 radical (unpaired) electrons. The predicted molar refractivity (Wildman–Crippen MR) is 23.4 cm³/mol. The van der Waals surface area contributed by atoms with Crippen molar-refractivity contribution in [2.24, 2.45) is 5.73 Å². The van der Waals surface area contributed by atoms with Crippen LogP contribution in [0, 0.1) is 0 Å². The van der Waals surface area contributed by atoms with Gasteiger partial charge in [-0.25, -0.2) is 4.79 Å². The van der Waals surface area contributed by atoms with Gasteiger partial charge in [-0.05, 0) is 0 Å². The molecule has 0 bridgehead atoms. The number of hydrogen-bond acceptors (Lipinski definition) is 2. The average Bonchev–Trinajstić information content (AvgIpc) is 1.64. The van der Waals surface area contributed by atoms with Gasteiger partial charge in [-0.15, -0.1) is 0 Å². The summed E-state index contributed by atoms with van der Waals surface area (Å²) in [6, 6.07) is -1.06. The number of urea groups is 1. The number of hydrogen-bond donors (Lipinski definition) is 2. The van der Waals surface area contributed by atoms with Crippen LogP contribution in [-0.2, 0) is 4.79 Å². The molecule has 4 nitrogen and oxygen atoms in total. The second-order valence-electron chi connectivity index (χ2n) is 0.969. The standard InChI is InChI=1S/C3H6N2O2/c1-2(6)5-3(4)7/h1H3,(H3,4,5,6,7)/i/hD. The van der Waals surface area contributed by atoms with Crippen LogP contribution in [0.25, 0.3) is 0 Å². The summed E-state index contributed by atoms with van der Waals surface area (Å²) in [5.74, 6) is -0.683. The lowest BCUT2D eigenvalue weighted by molar-refractivity contribution is -0.117. The first-order valence-corrected chi connectivity index (χ1v) is 1.64. The fourth-order valence-corrected chi connectivity index (χ4v) is 0.155. The molecule has 3 N–H and O–H groups in total. The van der Waals surface area contributed by atoms with Crippen molar-refractivity contribution >= 4 is 11.9 Å². The van der Waals surface area contributed by atoms with Gasteiger partial charge in [0.25, 0.3) is 0 Å². The van der Waals surface area contributed by atoms with Gasteiger partial charge >= 0.3 is 6.03 Å². The average molecular weight is 103 g/mol. The molecule has 0 unspecified atom stereocenters. The van der Waals surface area contributed by atoms with Crippen LogP contribution in [0.4, 0.5) is 4.79 Å². The normalized spacial score (nSPS) is 9.57. The molecule has 0 spiro atoms. The third-order valence-corrected chi connectivity index (χ3v) is 0.268. The summed E-state index contributed by atoms with van der Waals surface area (Å²) in [4.78, 5) is 19.9. The molecule has 0 heterocycles. The summed E-state index contributed by atoms with van der Waals surface area (Å²) in [5.41, 5.74) is 4.52. The molecular formula is C3H6N2O2. The summed E-state index contributed by atoms with van der Waals surface area (Å²) in [7, 11) is 0. The smallest absolute Gasteiger partial charge is 0.318 e. The first kappa shape index (κ1) is 4.11. The van der Waals surface area contributed by atoms with Crippen molar-refractivity contribution in [3.05, 3.63) is 0 Å². The van der Waals surface area contributed by atoms with E-state index in [1.54, 1.807) is 0 Å². The van der Waals surface area contributed by atoms with Gasteiger partial charge in [-0.2, -0.15) is 0 Å². The number of nitrogens with two attached hydrogens (primary N) is 1. The third kappa shape index (κ3) is 4.94. The van der Waals surface area contributed by atoms with Crippen molar-refractivity contribution in [1.82, 2.24) is 5.31 Å². The fourth-order valence-electron chi connectivity index (χ4n) is 0.155. The largest absolute Gasteiger partial charge is 0.351 e. The number of carbonyl (C=O) groups is 2. The Morgan fingerprint density at radius 1 is 1.86 bits per heavy atom. The van der Waals surface area contributed by atoms with Crippen LogP contribution >= 0.6 is 0 Å². The Hall–Kier alpha value is -1.06. The van der Waals surface area contributed by atoms with E-state index in [0.717, 1.165) is 6.92 Å². The van der Waals surface area contributed by atoms with Gasteiger partial charge < -0.3 is 5.73 Å². The van der Waals surface area contributed by atoms with Crippen LogP contribution in [0.1, 0.15) is 6.92 Å². The zero-order valence-electron chi connectivity index (χ0n) is 4.84. The van der Waals surface area contributed by atoms with E-state index in [-0.39, 0.29) is 5.31 Å². The molecule has 0 aromatic carbocycles. The van der Waals surface area contributed by atoms with Crippen LogP contribution in [0.2, 0.25) is 1.41 Å². The minimum atomic E-state index is -1.06. The Kier molecular flexibility index (Phi) is 1.28. The molecule has 0 aliphatic heterocycles. The SMILES string of the molecule is [2H]N(C(C)=O)C(N)=O. The summed E-state index contributed by atoms with van der Waals surface area (Å²) >= 11 is 0. The molecule has 0 rings (SSSR count).